The van der Waals surface area contributed by atoms with Gasteiger partial charge < -0.3 is 15.4 Å². The molecule has 0 aliphatic rings. The van der Waals surface area contributed by atoms with E-state index in [4.69, 9.17) is 16.3 Å². The topological polar surface area (TPSA) is 67.4 Å². The van der Waals surface area contributed by atoms with Gasteiger partial charge in [-0.2, -0.15) is 0 Å². The van der Waals surface area contributed by atoms with E-state index in [2.05, 4.69) is 10.6 Å². The Morgan fingerprint density at radius 3 is 2.56 bits per heavy atom. The molecule has 2 amide bonds. The first-order valence-corrected chi connectivity index (χ1v) is 8.43. The number of rotatable bonds is 7. The average Bonchev–Trinajstić information content (AvgIpc) is 2.59. The molecule has 5 nitrogen and oxygen atoms in total. The average molecular weight is 361 g/mol. The number of nitrogens with one attached hydrogen (secondary N) is 2. The summed E-state index contributed by atoms with van der Waals surface area (Å²) in [7, 11) is 0. The fourth-order valence-corrected chi connectivity index (χ4v) is 2.48. The Kier molecular flexibility index (Phi) is 6.98. The highest BCUT2D eigenvalue weighted by Crippen LogP contribution is 2.22. The van der Waals surface area contributed by atoms with E-state index in [9.17, 15) is 9.59 Å². The molecule has 2 aromatic rings. The Hall–Kier alpha value is -2.37. The van der Waals surface area contributed by atoms with E-state index in [0.717, 1.165) is 5.56 Å². The van der Waals surface area contributed by atoms with Gasteiger partial charge in [-0.05, 0) is 43.7 Å². The number of hydrogen-bond donors (Lipinski definition) is 2. The monoisotopic (exact) mass is 360 g/mol. The third-order valence-corrected chi connectivity index (χ3v) is 3.84. The Labute approximate surface area is 152 Å². The molecule has 6 heteroatoms. The Balaban J connectivity index is 2.17. The SMILES string of the molecule is CCOCCNC(=O)c1ccc(Cl)cc1NC(=O)c1ccccc1C. The van der Waals surface area contributed by atoms with Crippen molar-refractivity contribution < 1.29 is 14.3 Å². The number of carbonyl (C=O) groups is 2. The van der Waals surface area contributed by atoms with Crippen molar-refractivity contribution in [1.29, 1.82) is 0 Å². The van der Waals surface area contributed by atoms with Crippen LogP contribution in [0.25, 0.3) is 0 Å². The van der Waals surface area contributed by atoms with Crippen molar-refractivity contribution >= 4 is 29.1 Å². The summed E-state index contributed by atoms with van der Waals surface area (Å²) in [5.74, 6) is -0.583. The quantitative estimate of drug-likeness (QED) is 0.740. The van der Waals surface area contributed by atoms with E-state index >= 15 is 0 Å². The second-order valence-electron chi connectivity index (χ2n) is 5.41. The van der Waals surface area contributed by atoms with E-state index < -0.39 is 0 Å². The first-order chi connectivity index (χ1) is 12.0. The van der Waals surface area contributed by atoms with Crippen LogP contribution >= 0.6 is 11.6 Å². The molecule has 0 fully saturated rings. The Morgan fingerprint density at radius 2 is 1.84 bits per heavy atom. The summed E-state index contributed by atoms with van der Waals surface area (Å²) in [6.45, 7) is 5.16. The van der Waals surface area contributed by atoms with E-state index in [1.807, 2.05) is 26.0 Å². The van der Waals surface area contributed by atoms with Gasteiger partial charge in [0.2, 0.25) is 0 Å². The molecule has 132 valence electrons. The summed E-state index contributed by atoms with van der Waals surface area (Å²) in [6, 6.07) is 12.0. The van der Waals surface area contributed by atoms with Crippen LogP contribution in [0, 0.1) is 6.92 Å². The molecule has 0 heterocycles. The van der Waals surface area contributed by atoms with Crippen LogP contribution in [0.4, 0.5) is 5.69 Å². The molecule has 0 aliphatic carbocycles. The van der Waals surface area contributed by atoms with Crippen LogP contribution in [0.5, 0.6) is 0 Å². The first kappa shape index (κ1) is 19.0. The minimum absolute atomic E-state index is 0.288. The lowest BCUT2D eigenvalue weighted by molar-refractivity contribution is 0.0923. The normalized spacial score (nSPS) is 10.4. The predicted molar refractivity (Wildman–Crippen MR) is 99.4 cm³/mol. The van der Waals surface area contributed by atoms with Crippen LogP contribution in [0.1, 0.15) is 33.2 Å². The fraction of sp³-hybridized carbons (Fsp3) is 0.263. The van der Waals surface area contributed by atoms with Gasteiger partial charge in [-0.15, -0.1) is 0 Å². The van der Waals surface area contributed by atoms with Crippen molar-refractivity contribution in [2.75, 3.05) is 25.1 Å². The van der Waals surface area contributed by atoms with Gasteiger partial charge in [0.1, 0.15) is 0 Å². The van der Waals surface area contributed by atoms with Gasteiger partial charge in [-0.25, -0.2) is 0 Å². The maximum Gasteiger partial charge on any atom is 0.255 e. The van der Waals surface area contributed by atoms with Crippen molar-refractivity contribution in [3.05, 3.63) is 64.2 Å². The molecule has 0 atom stereocenters. The van der Waals surface area contributed by atoms with Crippen LogP contribution in [-0.2, 0) is 4.74 Å². The van der Waals surface area contributed by atoms with Crippen molar-refractivity contribution in [1.82, 2.24) is 5.32 Å². The summed E-state index contributed by atoms with van der Waals surface area (Å²) in [5, 5.41) is 5.97. The van der Waals surface area contributed by atoms with Crippen molar-refractivity contribution in [2.24, 2.45) is 0 Å². The molecule has 0 aromatic heterocycles. The highest BCUT2D eigenvalue weighted by molar-refractivity contribution is 6.31. The lowest BCUT2D eigenvalue weighted by atomic mass is 10.1. The highest BCUT2D eigenvalue weighted by atomic mass is 35.5. The molecule has 2 N–H and O–H groups in total. The van der Waals surface area contributed by atoms with Gasteiger partial charge in [0.25, 0.3) is 11.8 Å². The molecule has 0 unspecified atom stereocenters. The molecule has 25 heavy (non-hydrogen) atoms. The van der Waals surface area contributed by atoms with Crippen molar-refractivity contribution in [2.45, 2.75) is 13.8 Å². The van der Waals surface area contributed by atoms with Crippen LogP contribution in [0.3, 0.4) is 0 Å². The molecule has 2 aromatic carbocycles. The van der Waals surface area contributed by atoms with Gasteiger partial charge >= 0.3 is 0 Å². The summed E-state index contributed by atoms with van der Waals surface area (Å²) >= 11 is 6.02. The highest BCUT2D eigenvalue weighted by Gasteiger charge is 2.15. The molecule has 0 spiro atoms. The lowest BCUT2D eigenvalue weighted by Crippen LogP contribution is -2.28. The smallest absolute Gasteiger partial charge is 0.255 e. The molecule has 0 saturated carbocycles. The second kappa shape index (κ2) is 9.20. The zero-order valence-corrected chi connectivity index (χ0v) is 15.0. The zero-order chi connectivity index (χ0) is 18.2. The van der Waals surface area contributed by atoms with Gasteiger partial charge in [-0.3, -0.25) is 9.59 Å². The second-order valence-corrected chi connectivity index (χ2v) is 5.85. The summed E-state index contributed by atoms with van der Waals surface area (Å²) < 4.78 is 5.20. The molecular weight excluding hydrogens is 340 g/mol. The third kappa shape index (κ3) is 5.31. The molecule has 2 rings (SSSR count). The molecule has 0 bridgehead atoms. The van der Waals surface area contributed by atoms with Gasteiger partial charge in [0.15, 0.2) is 0 Å². The summed E-state index contributed by atoms with van der Waals surface area (Å²) in [5.41, 5.74) is 2.12. The summed E-state index contributed by atoms with van der Waals surface area (Å²) in [4.78, 5) is 24.9. The number of halogens is 1. The molecular formula is C19H21ClN2O3. The number of anilines is 1. The van der Waals surface area contributed by atoms with E-state index in [0.29, 0.717) is 41.6 Å². The van der Waals surface area contributed by atoms with E-state index in [1.54, 1.807) is 30.3 Å². The Bertz CT molecular complexity index is 762. The molecule has 0 saturated heterocycles. The van der Waals surface area contributed by atoms with Crippen LogP contribution in [0.15, 0.2) is 42.5 Å². The molecule has 0 radical (unpaired) electrons. The summed E-state index contributed by atoms with van der Waals surface area (Å²) in [6.07, 6.45) is 0. The number of amides is 2. The van der Waals surface area contributed by atoms with Crippen molar-refractivity contribution in [3.8, 4) is 0 Å². The maximum atomic E-state index is 12.5. The number of benzene rings is 2. The minimum atomic E-state index is -0.295. The predicted octanol–water partition coefficient (Wildman–Crippen LogP) is 3.67. The Morgan fingerprint density at radius 1 is 1.08 bits per heavy atom. The molecule has 0 aliphatic heterocycles. The van der Waals surface area contributed by atoms with Crippen molar-refractivity contribution in [3.63, 3.8) is 0 Å². The van der Waals surface area contributed by atoms with Gasteiger partial charge in [0.05, 0.1) is 17.9 Å². The standard InChI is InChI=1S/C19H21ClN2O3/c1-3-25-11-10-21-18(23)16-9-8-14(20)12-17(16)22-19(24)15-7-5-4-6-13(15)2/h4-9,12H,3,10-11H2,1-2H3,(H,21,23)(H,22,24). The lowest BCUT2D eigenvalue weighted by Gasteiger charge is -2.13. The minimum Gasteiger partial charge on any atom is -0.380 e. The van der Waals surface area contributed by atoms with E-state index in [-0.39, 0.29) is 11.8 Å². The van der Waals surface area contributed by atoms with Gasteiger partial charge in [-0.1, -0.05) is 29.8 Å². The third-order valence-electron chi connectivity index (χ3n) is 3.60. The fourth-order valence-electron chi connectivity index (χ4n) is 2.31. The van der Waals surface area contributed by atoms with Crippen LogP contribution < -0.4 is 10.6 Å². The maximum absolute atomic E-state index is 12.5. The van der Waals surface area contributed by atoms with Crippen LogP contribution in [-0.4, -0.2) is 31.6 Å². The first-order valence-electron chi connectivity index (χ1n) is 8.05. The zero-order valence-electron chi connectivity index (χ0n) is 14.3. The number of aryl methyl sites for hydroxylation is 1. The van der Waals surface area contributed by atoms with E-state index in [1.165, 1.54) is 0 Å². The number of hydrogen-bond acceptors (Lipinski definition) is 3. The number of carbonyl (C=O) groups excluding carboxylic acids is 2. The van der Waals surface area contributed by atoms with Crippen LogP contribution in [0.2, 0.25) is 5.02 Å². The number of ether oxygens (including phenoxy) is 1. The van der Waals surface area contributed by atoms with Gasteiger partial charge in [0, 0.05) is 23.7 Å². The largest absolute Gasteiger partial charge is 0.380 e.